The van der Waals surface area contributed by atoms with Crippen LogP contribution in [0.5, 0.6) is 0 Å². The first-order valence-corrected chi connectivity index (χ1v) is 8.55. The van der Waals surface area contributed by atoms with Crippen molar-refractivity contribution >= 4 is 23.8 Å². The minimum absolute atomic E-state index is 0.0925. The monoisotopic (exact) mass is 383 g/mol. The van der Waals surface area contributed by atoms with E-state index in [0.29, 0.717) is 16.2 Å². The standard InChI is InChI=1S/C18H17N5O3S/c1-11-5-3-6-13(9-11)22-16(20-21-18(22)27)10-19-17(24)14-7-4-8-15(12(14)2)23(25)26/h3-9H,10H2,1-2H3,(H,19,24)(H,21,27). The topological polar surface area (TPSA) is 106 Å². The van der Waals surface area contributed by atoms with Crippen molar-refractivity contribution in [2.24, 2.45) is 0 Å². The first kappa shape index (κ1) is 18.5. The summed E-state index contributed by atoms with van der Waals surface area (Å²) >= 11 is 5.30. The van der Waals surface area contributed by atoms with Gasteiger partial charge in [-0.25, -0.2) is 0 Å². The van der Waals surface area contributed by atoms with Gasteiger partial charge in [-0.15, -0.1) is 0 Å². The van der Waals surface area contributed by atoms with Crippen molar-refractivity contribution < 1.29 is 9.72 Å². The molecule has 3 aromatic rings. The van der Waals surface area contributed by atoms with Crippen LogP contribution in [0.3, 0.4) is 0 Å². The van der Waals surface area contributed by atoms with E-state index in [2.05, 4.69) is 15.5 Å². The van der Waals surface area contributed by atoms with Gasteiger partial charge in [-0.05, 0) is 49.8 Å². The predicted molar refractivity (Wildman–Crippen MR) is 102 cm³/mol. The number of carbonyl (C=O) groups is 1. The van der Waals surface area contributed by atoms with Crippen LogP contribution in [0.4, 0.5) is 5.69 Å². The van der Waals surface area contributed by atoms with Gasteiger partial charge in [-0.2, -0.15) is 5.10 Å². The molecule has 138 valence electrons. The number of benzene rings is 2. The largest absolute Gasteiger partial charge is 0.345 e. The second kappa shape index (κ2) is 7.50. The van der Waals surface area contributed by atoms with Gasteiger partial charge in [-0.1, -0.05) is 18.2 Å². The highest BCUT2D eigenvalue weighted by Crippen LogP contribution is 2.21. The Hall–Kier alpha value is -3.33. The van der Waals surface area contributed by atoms with Crippen molar-refractivity contribution in [3.05, 3.63) is 79.9 Å². The molecule has 0 unspecified atom stereocenters. The number of nitro benzene ring substituents is 1. The molecule has 0 bridgehead atoms. The van der Waals surface area contributed by atoms with Crippen molar-refractivity contribution in [3.8, 4) is 5.69 Å². The molecule has 0 saturated carbocycles. The summed E-state index contributed by atoms with van der Waals surface area (Å²) in [6.07, 6.45) is 0. The summed E-state index contributed by atoms with van der Waals surface area (Å²) < 4.78 is 2.15. The second-order valence-corrected chi connectivity index (χ2v) is 6.40. The molecule has 1 heterocycles. The lowest BCUT2D eigenvalue weighted by atomic mass is 10.1. The third-order valence-corrected chi connectivity index (χ3v) is 4.43. The average Bonchev–Trinajstić information content (AvgIpc) is 3.00. The fourth-order valence-corrected chi connectivity index (χ4v) is 3.06. The first-order chi connectivity index (χ1) is 12.9. The number of nitrogens with one attached hydrogen (secondary N) is 2. The molecule has 27 heavy (non-hydrogen) atoms. The summed E-state index contributed by atoms with van der Waals surface area (Å²) in [5, 5.41) is 20.7. The van der Waals surface area contributed by atoms with Crippen LogP contribution < -0.4 is 5.32 Å². The van der Waals surface area contributed by atoms with Gasteiger partial charge in [0.25, 0.3) is 11.6 Å². The van der Waals surface area contributed by atoms with Gasteiger partial charge in [0.15, 0.2) is 10.6 Å². The molecule has 8 nitrogen and oxygen atoms in total. The summed E-state index contributed by atoms with van der Waals surface area (Å²) in [6.45, 7) is 3.64. The predicted octanol–water partition coefficient (Wildman–Crippen LogP) is 3.38. The Morgan fingerprint density at radius 2 is 2.04 bits per heavy atom. The Kier molecular flexibility index (Phi) is 5.13. The Balaban J connectivity index is 1.85. The number of hydrogen-bond acceptors (Lipinski definition) is 5. The van der Waals surface area contributed by atoms with Gasteiger partial charge in [0.1, 0.15) is 0 Å². The molecule has 0 radical (unpaired) electrons. The second-order valence-electron chi connectivity index (χ2n) is 6.01. The van der Waals surface area contributed by atoms with Crippen LogP contribution in [0.1, 0.15) is 27.3 Å². The zero-order valence-corrected chi connectivity index (χ0v) is 15.5. The normalized spacial score (nSPS) is 10.6. The molecule has 0 aliphatic rings. The third-order valence-electron chi connectivity index (χ3n) is 4.16. The molecule has 9 heteroatoms. The quantitative estimate of drug-likeness (QED) is 0.399. The fourth-order valence-electron chi connectivity index (χ4n) is 2.80. The zero-order valence-electron chi connectivity index (χ0n) is 14.7. The summed E-state index contributed by atoms with van der Waals surface area (Å²) in [6, 6.07) is 12.1. The van der Waals surface area contributed by atoms with Gasteiger partial charge in [0.2, 0.25) is 0 Å². The van der Waals surface area contributed by atoms with Crippen LogP contribution in [-0.4, -0.2) is 25.6 Å². The van der Waals surface area contributed by atoms with Crippen molar-refractivity contribution in [1.82, 2.24) is 20.1 Å². The Bertz CT molecular complexity index is 1090. The molecule has 1 amide bonds. The Labute approximate surface area is 160 Å². The number of hydrogen-bond donors (Lipinski definition) is 2. The summed E-state index contributed by atoms with van der Waals surface area (Å²) in [7, 11) is 0. The molecule has 0 fully saturated rings. The maximum Gasteiger partial charge on any atom is 0.273 e. The van der Waals surface area contributed by atoms with Crippen molar-refractivity contribution in [2.75, 3.05) is 0 Å². The Morgan fingerprint density at radius 3 is 2.74 bits per heavy atom. The van der Waals surface area contributed by atoms with Gasteiger partial charge in [-0.3, -0.25) is 24.6 Å². The molecule has 0 saturated heterocycles. The summed E-state index contributed by atoms with van der Waals surface area (Å²) in [4.78, 5) is 23.1. The van der Waals surface area contributed by atoms with E-state index in [1.807, 2.05) is 31.2 Å². The number of amides is 1. The van der Waals surface area contributed by atoms with Gasteiger partial charge in [0.05, 0.1) is 11.5 Å². The number of carbonyl (C=O) groups excluding carboxylic acids is 1. The van der Waals surface area contributed by atoms with Crippen molar-refractivity contribution in [3.63, 3.8) is 0 Å². The van der Waals surface area contributed by atoms with E-state index >= 15 is 0 Å². The zero-order chi connectivity index (χ0) is 19.6. The number of rotatable bonds is 5. The number of H-pyrrole nitrogens is 1. The van der Waals surface area contributed by atoms with E-state index in [4.69, 9.17) is 12.2 Å². The van der Waals surface area contributed by atoms with E-state index in [9.17, 15) is 14.9 Å². The van der Waals surface area contributed by atoms with Crippen LogP contribution in [0.2, 0.25) is 0 Å². The Morgan fingerprint density at radius 1 is 1.30 bits per heavy atom. The maximum absolute atomic E-state index is 12.5. The molecule has 2 N–H and O–H groups in total. The average molecular weight is 383 g/mol. The van der Waals surface area contributed by atoms with E-state index in [1.165, 1.54) is 12.1 Å². The number of aromatic nitrogens is 3. The molecule has 0 aliphatic heterocycles. The molecular weight excluding hydrogens is 366 g/mol. The number of aromatic amines is 1. The van der Waals surface area contributed by atoms with Crippen LogP contribution >= 0.6 is 12.2 Å². The summed E-state index contributed by atoms with van der Waals surface area (Å²) in [5.41, 5.74) is 2.38. The van der Waals surface area contributed by atoms with Crippen LogP contribution in [0.25, 0.3) is 5.69 Å². The highest BCUT2D eigenvalue weighted by molar-refractivity contribution is 7.71. The van der Waals surface area contributed by atoms with E-state index in [0.717, 1.165) is 11.3 Å². The number of nitrogens with zero attached hydrogens (tertiary/aromatic N) is 3. The van der Waals surface area contributed by atoms with Crippen LogP contribution in [0, 0.1) is 28.7 Å². The maximum atomic E-state index is 12.5. The lowest BCUT2D eigenvalue weighted by molar-refractivity contribution is -0.385. The van der Waals surface area contributed by atoms with Gasteiger partial charge >= 0.3 is 0 Å². The summed E-state index contributed by atoms with van der Waals surface area (Å²) in [5.74, 6) is 0.114. The fraction of sp³-hybridized carbons (Fsp3) is 0.167. The van der Waals surface area contributed by atoms with E-state index in [1.54, 1.807) is 17.6 Å². The van der Waals surface area contributed by atoms with Crippen molar-refractivity contribution in [1.29, 1.82) is 0 Å². The van der Waals surface area contributed by atoms with Crippen LogP contribution in [-0.2, 0) is 6.54 Å². The van der Waals surface area contributed by atoms with E-state index in [-0.39, 0.29) is 17.8 Å². The molecule has 2 aromatic carbocycles. The number of aryl methyl sites for hydroxylation is 1. The minimum Gasteiger partial charge on any atom is -0.345 e. The highest BCUT2D eigenvalue weighted by Gasteiger charge is 2.18. The first-order valence-electron chi connectivity index (χ1n) is 8.14. The third kappa shape index (κ3) is 3.77. The van der Waals surface area contributed by atoms with Crippen LogP contribution in [0.15, 0.2) is 42.5 Å². The smallest absolute Gasteiger partial charge is 0.273 e. The molecule has 0 atom stereocenters. The lowest BCUT2D eigenvalue weighted by Crippen LogP contribution is -2.25. The minimum atomic E-state index is -0.505. The van der Waals surface area contributed by atoms with Gasteiger partial charge in [0, 0.05) is 22.9 Å². The molecule has 3 rings (SSSR count). The number of nitro groups is 1. The van der Waals surface area contributed by atoms with E-state index < -0.39 is 10.8 Å². The molecule has 0 spiro atoms. The molecule has 0 aliphatic carbocycles. The highest BCUT2D eigenvalue weighted by atomic mass is 32.1. The van der Waals surface area contributed by atoms with Crippen molar-refractivity contribution in [2.45, 2.75) is 20.4 Å². The molecule has 1 aromatic heterocycles. The SMILES string of the molecule is Cc1cccc(-n2c(CNC(=O)c3cccc([N+](=O)[O-])c3C)n[nH]c2=S)c1. The molecular formula is C18H17N5O3S. The lowest BCUT2D eigenvalue weighted by Gasteiger charge is -2.10. The van der Waals surface area contributed by atoms with Gasteiger partial charge < -0.3 is 5.32 Å².